The smallest absolute Gasteiger partial charge is 0.475 e. The second-order valence-electron chi connectivity index (χ2n) is 5.26. The normalized spacial score (nSPS) is 16.9. The van der Waals surface area contributed by atoms with E-state index in [1.807, 2.05) is 0 Å². The molecule has 7 nitrogen and oxygen atoms in total. The molecule has 24 heavy (non-hydrogen) atoms. The van der Waals surface area contributed by atoms with Crippen LogP contribution in [0.25, 0.3) is 0 Å². The lowest BCUT2D eigenvalue weighted by atomic mass is 10.1. The lowest BCUT2D eigenvalue weighted by molar-refractivity contribution is -0.192. The molecular formula is C14H21F3N4O3. The predicted molar refractivity (Wildman–Crippen MR) is 79.9 cm³/mol. The number of aromatic nitrogens is 2. The van der Waals surface area contributed by atoms with Gasteiger partial charge in [0.05, 0.1) is 18.8 Å². The van der Waals surface area contributed by atoms with E-state index in [9.17, 15) is 13.2 Å². The molecule has 1 aromatic heterocycles. The molecule has 136 valence electrons. The van der Waals surface area contributed by atoms with Crippen LogP contribution >= 0.6 is 0 Å². The van der Waals surface area contributed by atoms with E-state index in [-0.39, 0.29) is 5.92 Å². The zero-order valence-corrected chi connectivity index (χ0v) is 13.3. The number of hydrogen-bond donors (Lipinski definition) is 2. The summed E-state index contributed by atoms with van der Waals surface area (Å²) in [7, 11) is 0. The summed E-state index contributed by atoms with van der Waals surface area (Å²) in [6, 6.07) is 0. The molecule has 0 amide bonds. The lowest BCUT2D eigenvalue weighted by Crippen LogP contribution is -2.27. The zero-order chi connectivity index (χ0) is 18.0. The van der Waals surface area contributed by atoms with Crippen molar-refractivity contribution in [3.63, 3.8) is 0 Å². The van der Waals surface area contributed by atoms with E-state index in [0.717, 1.165) is 37.6 Å². The maximum atomic E-state index is 10.6. The van der Waals surface area contributed by atoms with Crippen molar-refractivity contribution in [1.82, 2.24) is 15.5 Å². The summed E-state index contributed by atoms with van der Waals surface area (Å²) in [6.07, 6.45) is 2.50. The molecule has 2 heterocycles. The van der Waals surface area contributed by atoms with Crippen molar-refractivity contribution in [2.24, 2.45) is 4.99 Å². The van der Waals surface area contributed by atoms with Crippen LogP contribution in [-0.2, 0) is 11.2 Å². The molecule has 1 aromatic rings. The van der Waals surface area contributed by atoms with Crippen molar-refractivity contribution in [3.05, 3.63) is 11.7 Å². The monoisotopic (exact) mass is 350 g/mol. The van der Waals surface area contributed by atoms with Crippen molar-refractivity contribution in [1.29, 1.82) is 0 Å². The average Bonchev–Trinajstić information content (AvgIpc) is 3.01. The fourth-order valence-electron chi connectivity index (χ4n) is 1.91. The summed E-state index contributed by atoms with van der Waals surface area (Å²) in [5, 5.41) is 14.2. The molecule has 2 rings (SSSR count). The molecule has 1 aliphatic heterocycles. The highest BCUT2D eigenvalue weighted by Gasteiger charge is 2.38. The van der Waals surface area contributed by atoms with Crippen LogP contribution < -0.4 is 5.32 Å². The maximum absolute atomic E-state index is 10.6. The minimum Gasteiger partial charge on any atom is -0.475 e. The van der Waals surface area contributed by atoms with Crippen molar-refractivity contribution in [2.45, 2.75) is 51.1 Å². The minimum atomic E-state index is -5.08. The second-order valence-corrected chi connectivity index (χ2v) is 5.26. The molecule has 0 aliphatic carbocycles. The Morgan fingerprint density at radius 2 is 2.12 bits per heavy atom. The lowest BCUT2D eigenvalue weighted by Gasteiger charge is -2.13. The van der Waals surface area contributed by atoms with Crippen LogP contribution in [0.4, 0.5) is 13.2 Å². The summed E-state index contributed by atoms with van der Waals surface area (Å²) in [5.41, 5.74) is 0. The molecule has 0 saturated carbocycles. The van der Waals surface area contributed by atoms with Crippen LogP contribution in [0.5, 0.6) is 0 Å². The predicted octanol–water partition coefficient (Wildman–Crippen LogP) is 2.54. The first kappa shape index (κ1) is 19.9. The Balaban J connectivity index is 0.000000351. The third kappa shape index (κ3) is 7.42. The molecule has 0 bridgehead atoms. The first-order valence-electron chi connectivity index (χ1n) is 7.68. The number of unbranched alkanes of at least 4 members (excludes halogenated alkanes) is 3. The maximum Gasteiger partial charge on any atom is 0.490 e. The van der Waals surface area contributed by atoms with Gasteiger partial charge in [0, 0.05) is 13.0 Å². The third-order valence-corrected chi connectivity index (χ3v) is 3.20. The SMILES string of the molecule is CCCCCCc1noc(C2CN=CNC2)n1.O=C(O)C(F)(F)F. The molecule has 1 unspecified atom stereocenters. The van der Waals surface area contributed by atoms with Crippen molar-refractivity contribution < 1.29 is 27.6 Å². The van der Waals surface area contributed by atoms with Gasteiger partial charge in [-0.3, -0.25) is 4.99 Å². The summed E-state index contributed by atoms with van der Waals surface area (Å²) in [4.78, 5) is 17.5. The quantitative estimate of drug-likeness (QED) is 0.765. The minimum absolute atomic E-state index is 0.233. The Morgan fingerprint density at radius 3 is 2.67 bits per heavy atom. The number of carboxylic acids is 1. The summed E-state index contributed by atoms with van der Waals surface area (Å²) in [6.45, 7) is 3.79. The number of rotatable bonds is 6. The first-order valence-corrected chi connectivity index (χ1v) is 7.68. The van der Waals surface area contributed by atoms with E-state index in [2.05, 4.69) is 27.4 Å². The Morgan fingerprint density at radius 1 is 1.42 bits per heavy atom. The number of nitrogens with zero attached hydrogens (tertiary/aromatic N) is 3. The number of aliphatic carboxylic acids is 1. The second kappa shape index (κ2) is 9.89. The summed E-state index contributed by atoms with van der Waals surface area (Å²) >= 11 is 0. The van der Waals surface area contributed by atoms with E-state index >= 15 is 0 Å². The van der Waals surface area contributed by atoms with E-state index in [1.165, 1.54) is 19.3 Å². The molecule has 2 N–H and O–H groups in total. The highest BCUT2D eigenvalue weighted by atomic mass is 19.4. The summed E-state index contributed by atoms with van der Waals surface area (Å²) in [5.74, 6) is -0.963. The third-order valence-electron chi connectivity index (χ3n) is 3.20. The van der Waals surface area contributed by atoms with Gasteiger partial charge in [0.15, 0.2) is 5.82 Å². The van der Waals surface area contributed by atoms with Crippen molar-refractivity contribution in [2.75, 3.05) is 13.1 Å². The topological polar surface area (TPSA) is 101 Å². The van der Waals surface area contributed by atoms with Gasteiger partial charge in [-0.1, -0.05) is 31.3 Å². The molecule has 0 fully saturated rings. The van der Waals surface area contributed by atoms with E-state index in [4.69, 9.17) is 14.4 Å². The van der Waals surface area contributed by atoms with Crippen LogP contribution in [-0.4, -0.2) is 46.8 Å². The Bertz CT molecular complexity index is 532. The van der Waals surface area contributed by atoms with Crippen LogP contribution in [0.2, 0.25) is 0 Å². The largest absolute Gasteiger partial charge is 0.490 e. The van der Waals surface area contributed by atoms with Gasteiger partial charge in [-0.15, -0.1) is 0 Å². The fraction of sp³-hybridized carbons (Fsp3) is 0.714. The Hall–Kier alpha value is -2.13. The van der Waals surface area contributed by atoms with Crippen molar-refractivity contribution in [3.8, 4) is 0 Å². The van der Waals surface area contributed by atoms with Gasteiger partial charge < -0.3 is 14.9 Å². The number of aliphatic imine (C=N–C) groups is 1. The molecule has 10 heteroatoms. The van der Waals surface area contributed by atoms with Gasteiger partial charge in [0.25, 0.3) is 0 Å². The average molecular weight is 350 g/mol. The number of alkyl halides is 3. The first-order chi connectivity index (χ1) is 11.3. The summed E-state index contributed by atoms with van der Waals surface area (Å²) < 4.78 is 37.0. The van der Waals surface area contributed by atoms with Gasteiger partial charge in [-0.2, -0.15) is 18.2 Å². The number of hydrogen-bond acceptors (Lipinski definition) is 6. The van der Waals surface area contributed by atoms with Crippen LogP contribution in [0.1, 0.15) is 50.2 Å². The Labute approximate surface area is 137 Å². The number of carbonyl (C=O) groups is 1. The van der Waals surface area contributed by atoms with Gasteiger partial charge >= 0.3 is 12.1 Å². The number of aryl methyl sites for hydroxylation is 1. The van der Waals surface area contributed by atoms with Gasteiger partial charge in [0.1, 0.15) is 0 Å². The standard InChI is InChI=1S/C12H20N4O.C2HF3O2/c1-2-3-4-5-6-11-15-12(17-16-11)10-7-13-9-14-8-10;3-2(4,5)1(6)7/h9-10H,2-8H2,1H3,(H,13,14);(H,6,7). The fourth-order valence-corrected chi connectivity index (χ4v) is 1.91. The van der Waals surface area contributed by atoms with E-state index < -0.39 is 12.1 Å². The molecule has 0 saturated heterocycles. The molecule has 0 spiro atoms. The van der Waals surface area contributed by atoms with Gasteiger partial charge in [0.2, 0.25) is 5.89 Å². The highest BCUT2D eigenvalue weighted by Crippen LogP contribution is 2.15. The number of nitrogens with one attached hydrogen (secondary N) is 1. The van der Waals surface area contributed by atoms with Gasteiger partial charge in [-0.25, -0.2) is 4.79 Å². The molecular weight excluding hydrogens is 329 g/mol. The Kier molecular flexibility index (Phi) is 8.20. The number of carboxylic acid groups (broad SMARTS) is 1. The zero-order valence-electron chi connectivity index (χ0n) is 13.3. The molecule has 1 atom stereocenters. The van der Waals surface area contributed by atoms with E-state index in [0.29, 0.717) is 0 Å². The van der Waals surface area contributed by atoms with E-state index in [1.54, 1.807) is 6.34 Å². The highest BCUT2D eigenvalue weighted by molar-refractivity contribution is 5.73. The molecule has 0 aromatic carbocycles. The van der Waals surface area contributed by atoms with Crippen LogP contribution in [0, 0.1) is 0 Å². The van der Waals surface area contributed by atoms with Gasteiger partial charge in [-0.05, 0) is 6.42 Å². The molecule has 1 aliphatic rings. The number of halogens is 3. The molecule has 0 radical (unpaired) electrons. The van der Waals surface area contributed by atoms with Crippen LogP contribution in [0.15, 0.2) is 9.52 Å². The van der Waals surface area contributed by atoms with Crippen molar-refractivity contribution >= 4 is 12.3 Å². The van der Waals surface area contributed by atoms with Crippen LogP contribution in [0.3, 0.4) is 0 Å².